The molecule has 0 aromatic carbocycles. The average molecular weight is 127 g/mol. The number of hydrogen-bond acceptors (Lipinski definition) is 3. The minimum absolute atomic E-state index is 0. The molecular weight excluding hydrogens is 115 g/mol. The monoisotopic (exact) mass is 127 g/mol. The van der Waals surface area contributed by atoms with Crippen molar-refractivity contribution in [1.29, 1.82) is 0 Å². The molecule has 0 rings (SSSR count). The van der Waals surface area contributed by atoms with Gasteiger partial charge in [0.25, 0.3) is 0 Å². The molecule has 0 saturated carbocycles. The molecule has 3 N–H and O–H groups in total. The van der Waals surface area contributed by atoms with Gasteiger partial charge in [0.2, 0.25) is 0 Å². The van der Waals surface area contributed by atoms with E-state index in [1.807, 2.05) is 0 Å². The zero-order valence-electron chi connectivity index (χ0n) is 5.96. The van der Waals surface area contributed by atoms with E-state index in [0.717, 1.165) is 0 Å². The first-order valence-electron chi connectivity index (χ1n) is 2.51. The van der Waals surface area contributed by atoms with Crippen molar-refractivity contribution in [3.05, 3.63) is 0 Å². The molecule has 0 bridgehead atoms. The summed E-state index contributed by atoms with van der Waals surface area (Å²) in [7, 11) is 0. The van der Waals surface area contributed by atoms with Gasteiger partial charge in [0.15, 0.2) is 0 Å². The van der Waals surface area contributed by atoms with Crippen molar-refractivity contribution in [1.82, 2.24) is 0 Å². The molecular formula is C5H12LiO3. The normalized spacial score (nSPS) is 10.7. The van der Waals surface area contributed by atoms with Gasteiger partial charge in [-0.25, -0.2) is 0 Å². The van der Waals surface area contributed by atoms with Crippen LogP contribution in [0.1, 0.15) is 6.92 Å². The first-order chi connectivity index (χ1) is 3.68. The Labute approximate surface area is 66.9 Å². The Bertz CT molecular complexity index is 55.0. The molecule has 51 valence electrons. The van der Waals surface area contributed by atoms with Crippen LogP contribution < -0.4 is 0 Å². The maximum Gasteiger partial charge on any atom is 0.0528 e. The van der Waals surface area contributed by atoms with Gasteiger partial charge in [0.05, 0.1) is 19.8 Å². The maximum absolute atomic E-state index is 8.47. The number of hydrogen-bond donors (Lipinski definition) is 3. The van der Waals surface area contributed by atoms with Crippen LogP contribution in [0.4, 0.5) is 0 Å². The summed E-state index contributed by atoms with van der Waals surface area (Å²) in [5, 5.41) is 25.4. The second-order valence-corrected chi connectivity index (χ2v) is 2.29. The van der Waals surface area contributed by atoms with Gasteiger partial charge in [0, 0.05) is 24.3 Å². The molecule has 0 aromatic rings. The third kappa shape index (κ3) is 3.96. The maximum atomic E-state index is 8.47. The molecule has 1 radical (unpaired) electrons. The Morgan fingerprint density at radius 3 is 1.22 bits per heavy atom. The van der Waals surface area contributed by atoms with E-state index in [-0.39, 0.29) is 38.7 Å². The summed E-state index contributed by atoms with van der Waals surface area (Å²) in [6.07, 6.45) is 0. The van der Waals surface area contributed by atoms with Crippen LogP contribution in [-0.4, -0.2) is 54.0 Å². The molecule has 0 heterocycles. The van der Waals surface area contributed by atoms with Crippen LogP contribution in [0.25, 0.3) is 0 Å². The molecule has 9 heavy (non-hydrogen) atoms. The molecule has 4 heteroatoms. The van der Waals surface area contributed by atoms with Crippen LogP contribution in [0.5, 0.6) is 0 Å². The molecule has 0 aromatic heterocycles. The predicted molar refractivity (Wildman–Crippen MR) is 35.1 cm³/mol. The quantitative estimate of drug-likeness (QED) is 0.408. The van der Waals surface area contributed by atoms with E-state index in [0.29, 0.717) is 0 Å². The third-order valence-corrected chi connectivity index (χ3v) is 1.15. The fourth-order valence-electron chi connectivity index (χ4n) is 0.150. The van der Waals surface area contributed by atoms with Crippen molar-refractivity contribution < 1.29 is 15.3 Å². The molecule has 0 saturated heterocycles. The van der Waals surface area contributed by atoms with Gasteiger partial charge in [-0.15, -0.1) is 0 Å². The Hall–Kier alpha value is 0.477. The molecule has 0 aliphatic heterocycles. The first-order valence-corrected chi connectivity index (χ1v) is 2.51. The molecule has 0 aliphatic rings. The zero-order valence-corrected chi connectivity index (χ0v) is 5.96. The number of aliphatic hydroxyl groups is 3. The predicted octanol–water partition coefficient (Wildman–Crippen LogP) is -1.41. The van der Waals surface area contributed by atoms with Gasteiger partial charge < -0.3 is 15.3 Å². The molecule has 0 spiro atoms. The second kappa shape index (κ2) is 5.28. The Balaban J connectivity index is 0. The van der Waals surface area contributed by atoms with Gasteiger partial charge in [-0.05, 0) is 0 Å². The summed E-state index contributed by atoms with van der Waals surface area (Å²) in [6.45, 7) is 1.06. The van der Waals surface area contributed by atoms with Crippen molar-refractivity contribution in [2.45, 2.75) is 6.92 Å². The van der Waals surface area contributed by atoms with E-state index in [1.54, 1.807) is 6.92 Å². The first kappa shape index (κ1) is 12.2. The van der Waals surface area contributed by atoms with E-state index in [2.05, 4.69) is 0 Å². The number of rotatable bonds is 3. The summed E-state index contributed by atoms with van der Waals surface area (Å²) in [4.78, 5) is 0. The number of aliphatic hydroxyl groups excluding tert-OH is 3. The summed E-state index contributed by atoms with van der Waals surface area (Å²) in [5.41, 5.74) is -0.708. The van der Waals surface area contributed by atoms with E-state index in [9.17, 15) is 0 Å². The van der Waals surface area contributed by atoms with E-state index in [4.69, 9.17) is 15.3 Å². The molecule has 3 nitrogen and oxygen atoms in total. The van der Waals surface area contributed by atoms with Crippen molar-refractivity contribution >= 4 is 18.9 Å². The Morgan fingerprint density at radius 1 is 1.00 bits per heavy atom. The van der Waals surface area contributed by atoms with E-state index >= 15 is 0 Å². The van der Waals surface area contributed by atoms with Crippen molar-refractivity contribution in [2.75, 3.05) is 19.8 Å². The largest absolute Gasteiger partial charge is 0.396 e. The van der Waals surface area contributed by atoms with Crippen LogP contribution in [0.15, 0.2) is 0 Å². The van der Waals surface area contributed by atoms with Gasteiger partial charge in [-0.1, -0.05) is 6.92 Å². The molecule has 0 aliphatic carbocycles. The van der Waals surface area contributed by atoms with Crippen LogP contribution in [-0.2, 0) is 0 Å². The summed E-state index contributed by atoms with van der Waals surface area (Å²) >= 11 is 0. The van der Waals surface area contributed by atoms with Crippen molar-refractivity contribution in [3.63, 3.8) is 0 Å². The average Bonchev–Trinajstić information content (AvgIpc) is 1.87. The second-order valence-electron chi connectivity index (χ2n) is 2.29. The van der Waals surface area contributed by atoms with E-state index < -0.39 is 5.41 Å². The van der Waals surface area contributed by atoms with Crippen LogP contribution in [0, 0.1) is 5.41 Å². The molecule has 0 fully saturated rings. The minimum atomic E-state index is -0.708. The molecule has 0 atom stereocenters. The SMILES string of the molecule is CC(CO)(CO)CO.[Li]. The van der Waals surface area contributed by atoms with Gasteiger partial charge in [-0.3, -0.25) is 0 Å². The Morgan fingerprint density at radius 2 is 1.22 bits per heavy atom. The summed E-state index contributed by atoms with van der Waals surface area (Å²) in [5.74, 6) is 0. The van der Waals surface area contributed by atoms with Crippen LogP contribution in [0.2, 0.25) is 0 Å². The smallest absolute Gasteiger partial charge is 0.0528 e. The van der Waals surface area contributed by atoms with Gasteiger partial charge in [0.1, 0.15) is 0 Å². The van der Waals surface area contributed by atoms with Gasteiger partial charge >= 0.3 is 0 Å². The standard InChI is InChI=1S/C5H12O3.Li/c1-5(2-6,3-7)4-8;/h6-8H,2-4H2,1H3;. The fourth-order valence-corrected chi connectivity index (χ4v) is 0.150. The summed E-state index contributed by atoms with van der Waals surface area (Å²) in [6, 6.07) is 0. The molecule has 0 amide bonds. The van der Waals surface area contributed by atoms with Crippen LogP contribution >= 0.6 is 0 Å². The topological polar surface area (TPSA) is 60.7 Å². The Kier molecular flexibility index (Phi) is 7.14. The van der Waals surface area contributed by atoms with Gasteiger partial charge in [-0.2, -0.15) is 0 Å². The third-order valence-electron chi connectivity index (χ3n) is 1.15. The van der Waals surface area contributed by atoms with Crippen molar-refractivity contribution in [3.8, 4) is 0 Å². The van der Waals surface area contributed by atoms with Crippen LogP contribution in [0.3, 0.4) is 0 Å². The fraction of sp³-hybridized carbons (Fsp3) is 1.00. The molecule has 0 unspecified atom stereocenters. The minimum Gasteiger partial charge on any atom is -0.396 e. The zero-order chi connectivity index (χ0) is 6.62. The van der Waals surface area contributed by atoms with Crippen molar-refractivity contribution in [2.24, 2.45) is 5.41 Å². The summed E-state index contributed by atoms with van der Waals surface area (Å²) < 4.78 is 0. The van der Waals surface area contributed by atoms with E-state index in [1.165, 1.54) is 0 Å².